The molecule has 0 unspecified atom stereocenters. The first kappa shape index (κ1) is 11.6. The minimum Gasteiger partial charge on any atom is -0.356 e. The van der Waals surface area contributed by atoms with Crippen LogP contribution in [-0.2, 0) is 9.47 Å². The first-order chi connectivity index (χ1) is 5.35. The molecule has 0 aromatic rings. The summed E-state index contributed by atoms with van der Waals surface area (Å²) in [5, 5.41) is 0. The van der Waals surface area contributed by atoms with Crippen LogP contribution < -0.4 is 0 Å². The van der Waals surface area contributed by atoms with Crippen LogP contribution in [0.4, 0.5) is 0 Å². The summed E-state index contributed by atoms with van der Waals surface area (Å²) in [5.74, 6) is 0. The van der Waals surface area contributed by atoms with E-state index in [1.54, 1.807) is 14.2 Å². The smallest absolute Gasteiger partial charge is 0.156 e. The number of ether oxygens (including phenoxy) is 2. The number of halogens is 1. The van der Waals surface area contributed by atoms with Crippen molar-refractivity contribution in [3.63, 3.8) is 0 Å². The van der Waals surface area contributed by atoms with Crippen molar-refractivity contribution in [1.29, 1.82) is 0 Å². The molecule has 0 aromatic carbocycles. The molecule has 3 heteroatoms. The number of hydrogen-bond donors (Lipinski definition) is 0. The molecular weight excluding hydrogens is 255 g/mol. The van der Waals surface area contributed by atoms with E-state index in [1.807, 2.05) is 0 Å². The molecule has 0 radical (unpaired) electrons. The Morgan fingerprint density at radius 3 is 2.18 bits per heavy atom. The molecule has 0 aliphatic carbocycles. The van der Waals surface area contributed by atoms with E-state index in [0.717, 1.165) is 6.42 Å². The first-order valence-electron chi connectivity index (χ1n) is 3.96. The largest absolute Gasteiger partial charge is 0.356 e. The molecule has 0 bridgehead atoms. The molecule has 0 spiro atoms. The van der Waals surface area contributed by atoms with E-state index in [9.17, 15) is 0 Å². The third-order valence-electron chi connectivity index (χ3n) is 1.60. The molecule has 0 heterocycles. The van der Waals surface area contributed by atoms with Gasteiger partial charge in [-0.3, -0.25) is 0 Å². The van der Waals surface area contributed by atoms with Gasteiger partial charge in [-0.25, -0.2) is 0 Å². The van der Waals surface area contributed by atoms with Gasteiger partial charge in [0, 0.05) is 14.2 Å². The molecule has 2 nitrogen and oxygen atoms in total. The van der Waals surface area contributed by atoms with E-state index in [1.165, 1.54) is 23.7 Å². The maximum atomic E-state index is 5.06. The van der Waals surface area contributed by atoms with E-state index in [2.05, 4.69) is 22.6 Å². The average Bonchev–Trinajstić information content (AvgIpc) is 2.05. The Balaban J connectivity index is 3.07. The fraction of sp³-hybridized carbons (Fsp3) is 1.00. The molecule has 0 saturated carbocycles. The van der Waals surface area contributed by atoms with Gasteiger partial charge in [-0.05, 0) is 23.7 Å². The van der Waals surface area contributed by atoms with E-state index in [0.29, 0.717) is 0 Å². The molecule has 0 aliphatic heterocycles. The topological polar surface area (TPSA) is 18.5 Å². The molecule has 0 rings (SSSR count). The molecule has 0 aromatic heterocycles. The highest BCUT2D eigenvalue weighted by molar-refractivity contribution is 14.1. The van der Waals surface area contributed by atoms with Gasteiger partial charge in [-0.1, -0.05) is 29.0 Å². The molecule has 0 saturated heterocycles. The molecule has 68 valence electrons. The fourth-order valence-electron chi connectivity index (χ4n) is 0.914. The van der Waals surface area contributed by atoms with E-state index >= 15 is 0 Å². The van der Waals surface area contributed by atoms with Crippen LogP contribution in [0.3, 0.4) is 0 Å². The Kier molecular flexibility index (Phi) is 9.26. The minimum absolute atomic E-state index is 0.00390. The van der Waals surface area contributed by atoms with Gasteiger partial charge < -0.3 is 9.47 Å². The van der Waals surface area contributed by atoms with E-state index in [-0.39, 0.29) is 6.29 Å². The Hall–Kier alpha value is 0.650. The highest BCUT2D eigenvalue weighted by Gasteiger charge is 2.02. The highest BCUT2D eigenvalue weighted by Crippen LogP contribution is 2.07. The number of methoxy groups -OCH3 is 2. The number of alkyl halides is 1. The van der Waals surface area contributed by atoms with Crippen LogP contribution in [0.1, 0.15) is 25.7 Å². The summed E-state index contributed by atoms with van der Waals surface area (Å²) in [7, 11) is 3.37. The lowest BCUT2D eigenvalue weighted by molar-refractivity contribution is -0.107. The maximum absolute atomic E-state index is 5.06. The molecule has 0 amide bonds. The molecular formula is C8H17IO2. The lowest BCUT2D eigenvalue weighted by Crippen LogP contribution is -2.12. The van der Waals surface area contributed by atoms with E-state index in [4.69, 9.17) is 9.47 Å². The van der Waals surface area contributed by atoms with Crippen LogP contribution in [-0.4, -0.2) is 24.9 Å². The Morgan fingerprint density at radius 1 is 1.09 bits per heavy atom. The molecule has 0 aliphatic rings. The quantitative estimate of drug-likeness (QED) is 0.307. The summed E-state index contributed by atoms with van der Waals surface area (Å²) in [6.07, 6.45) is 4.82. The standard InChI is InChI=1S/C8H17IO2/c1-10-8(11-2)6-4-3-5-7-9/h8H,3-7H2,1-2H3. The third-order valence-corrected chi connectivity index (χ3v) is 2.36. The second-order valence-electron chi connectivity index (χ2n) is 2.44. The predicted molar refractivity (Wildman–Crippen MR) is 55.2 cm³/mol. The Bertz CT molecular complexity index is 74.5. The summed E-state index contributed by atoms with van der Waals surface area (Å²) < 4.78 is 11.4. The van der Waals surface area contributed by atoms with Gasteiger partial charge in [0.25, 0.3) is 0 Å². The summed E-state index contributed by atoms with van der Waals surface area (Å²) in [4.78, 5) is 0. The van der Waals surface area contributed by atoms with Gasteiger partial charge >= 0.3 is 0 Å². The Labute approximate surface area is 82.8 Å². The van der Waals surface area contributed by atoms with Crippen LogP contribution in [0.5, 0.6) is 0 Å². The predicted octanol–water partition coefficient (Wildman–Crippen LogP) is 2.60. The first-order valence-corrected chi connectivity index (χ1v) is 5.49. The van der Waals surface area contributed by atoms with E-state index < -0.39 is 0 Å². The number of hydrogen-bond acceptors (Lipinski definition) is 2. The fourth-order valence-corrected chi connectivity index (χ4v) is 1.45. The highest BCUT2D eigenvalue weighted by atomic mass is 127. The number of rotatable bonds is 7. The van der Waals surface area contributed by atoms with Crippen molar-refractivity contribution in [2.24, 2.45) is 0 Å². The van der Waals surface area contributed by atoms with Gasteiger partial charge in [0.1, 0.15) is 0 Å². The summed E-state index contributed by atoms with van der Waals surface area (Å²) in [6, 6.07) is 0. The third kappa shape index (κ3) is 7.03. The van der Waals surface area contributed by atoms with Crippen LogP contribution in [0.2, 0.25) is 0 Å². The molecule has 11 heavy (non-hydrogen) atoms. The normalized spacial score (nSPS) is 10.9. The van der Waals surface area contributed by atoms with Crippen molar-refractivity contribution >= 4 is 22.6 Å². The van der Waals surface area contributed by atoms with Crippen molar-refractivity contribution < 1.29 is 9.47 Å². The van der Waals surface area contributed by atoms with Gasteiger partial charge in [0.05, 0.1) is 0 Å². The van der Waals surface area contributed by atoms with Crippen LogP contribution in [0, 0.1) is 0 Å². The zero-order valence-corrected chi connectivity index (χ0v) is 9.46. The summed E-state index contributed by atoms with van der Waals surface area (Å²) in [5.41, 5.74) is 0. The maximum Gasteiger partial charge on any atom is 0.156 e. The van der Waals surface area contributed by atoms with Crippen molar-refractivity contribution in [3.05, 3.63) is 0 Å². The monoisotopic (exact) mass is 272 g/mol. The lowest BCUT2D eigenvalue weighted by atomic mass is 10.2. The zero-order chi connectivity index (χ0) is 8.53. The zero-order valence-electron chi connectivity index (χ0n) is 7.31. The molecule has 0 N–H and O–H groups in total. The average molecular weight is 272 g/mol. The van der Waals surface area contributed by atoms with Crippen LogP contribution in [0.25, 0.3) is 0 Å². The van der Waals surface area contributed by atoms with Crippen molar-refractivity contribution in [2.45, 2.75) is 32.0 Å². The van der Waals surface area contributed by atoms with Gasteiger partial charge in [0.15, 0.2) is 6.29 Å². The number of unbranched alkanes of at least 4 members (excludes halogenated alkanes) is 2. The van der Waals surface area contributed by atoms with Crippen molar-refractivity contribution in [2.75, 3.05) is 18.6 Å². The second kappa shape index (κ2) is 8.74. The van der Waals surface area contributed by atoms with Crippen LogP contribution >= 0.6 is 22.6 Å². The van der Waals surface area contributed by atoms with Gasteiger partial charge in [-0.15, -0.1) is 0 Å². The van der Waals surface area contributed by atoms with Gasteiger partial charge in [0.2, 0.25) is 0 Å². The lowest BCUT2D eigenvalue weighted by Gasteiger charge is -2.12. The SMILES string of the molecule is COC(CCCCCI)OC. The Morgan fingerprint density at radius 2 is 1.73 bits per heavy atom. The second-order valence-corrected chi connectivity index (χ2v) is 3.52. The summed E-state index contributed by atoms with van der Waals surface area (Å²) >= 11 is 2.40. The van der Waals surface area contributed by atoms with Gasteiger partial charge in [-0.2, -0.15) is 0 Å². The molecule has 0 fully saturated rings. The van der Waals surface area contributed by atoms with Crippen molar-refractivity contribution in [3.8, 4) is 0 Å². The minimum atomic E-state index is 0.00390. The van der Waals surface area contributed by atoms with Crippen LogP contribution in [0.15, 0.2) is 0 Å². The van der Waals surface area contributed by atoms with Crippen molar-refractivity contribution in [1.82, 2.24) is 0 Å². The summed E-state index contributed by atoms with van der Waals surface area (Å²) in [6.45, 7) is 0. The molecule has 0 atom stereocenters.